The third-order valence-electron chi connectivity index (χ3n) is 4.09. The molecule has 0 radical (unpaired) electrons. The summed E-state index contributed by atoms with van der Waals surface area (Å²) in [6.45, 7) is 0.881. The lowest BCUT2D eigenvalue weighted by molar-refractivity contribution is -0.128. The highest BCUT2D eigenvalue weighted by Gasteiger charge is 2.64. The van der Waals surface area contributed by atoms with Crippen molar-refractivity contribution >= 4 is 40.7 Å². The predicted octanol–water partition coefficient (Wildman–Crippen LogP) is 3.92. The molecule has 0 N–H and O–H groups in total. The number of amides is 1. The van der Waals surface area contributed by atoms with Crippen LogP contribution in [0.1, 0.15) is 5.56 Å². The predicted molar refractivity (Wildman–Crippen MR) is 86.7 cm³/mol. The molecule has 1 aromatic carbocycles. The van der Waals surface area contributed by atoms with Crippen LogP contribution in [0, 0.1) is 5.41 Å². The number of benzene rings is 1. The molecule has 1 aliphatic carbocycles. The van der Waals surface area contributed by atoms with Gasteiger partial charge in [0.25, 0.3) is 5.91 Å². The molecular formula is C16H14Cl3NO. The minimum absolute atomic E-state index is 0.291. The Labute approximate surface area is 139 Å². The molecule has 1 aromatic rings. The third kappa shape index (κ3) is 2.30. The molecule has 1 spiro atoms. The van der Waals surface area contributed by atoms with E-state index < -0.39 is 15.1 Å². The molecule has 2 aliphatic rings. The number of alkyl halides is 3. The Morgan fingerprint density at radius 1 is 1.19 bits per heavy atom. The summed E-state index contributed by atoms with van der Waals surface area (Å²) in [5.41, 5.74) is 0.242. The summed E-state index contributed by atoms with van der Waals surface area (Å²) in [6, 6.07) is 9.75. The molecule has 1 saturated heterocycles. The van der Waals surface area contributed by atoms with Gasteiger partial charge < -0.3 is 4.90 Å². The summed E-state index contributed by atoms with van der Waals surface area (Å²) in [4.78, 5) is 14.3. The standard InChI is InChI=1S/C16H14Cl3NO/c17-13-8-4-5-9-15(13)11-20(14(21)16(15,18)19)10-12-6-2-1-3-7-12/h1-9,13H,10-11H2/t13-,15?/m1/s1. The molecule has 0 aromatic heterocycles. The smallest absolute Gasteiger partial charge is 0.260 e. The fraction of sp³-hybridized carbons (Fsp3) is 0.312. The van der Waals surface area contributed by atoms with Crippen LogP contribution >= 0.6 is 34.8 Å². The fourth-order valence-corrected chi connectivity index (χ4v) is 4.11. The van der Waals surface area contributed by atoms with E-state index in [0.29, 0.717) is 13.1 Å². The molecule has 2 nitrogen and oxygen atoms in total. The zero-order valence-corrected chi connectivity index (χ0v) is 13.4. The molecule has 21 heavy (non-hydrogen) atoms. The monoisotopic (exact) mass is 341 g/mol. The first-order chi connectivity index (χ1) is 9.97. The number of hydrogen-bond donors (Lipinski definition) is 0. The average molecular weight is 343 g/mol. The van der Waals surface area contributed by atoms with E-state index in [9.17, 15) is 4.79 Å². The van der Waals surface area contributed by atoms with Gasteiger partial charge in [0.05, 0.1) is 10.8 Å². The molecule has 0 bridgehead atoms. The molecule has 0 saturated carbocycles. The van der Waals surface area contributed by atoms with Crippen molar-refractivity contribution in [1.82, 2.24) is 4.90 Å². The minimum Gasteiger partial charge on any atom is -0.335 e. The number of nitrogens with zero attached hydrogens (tertiary/aromatic N) is 1. The molecule has 5 heteroatoms. The summed E-state index contributed by atoms with van der Waals surface area (Å²) < 4.78 is -1.55. The van der Waals surface area contributed by atoms with Crippen LogP contribution in [0.4, 0.5) is 0 Å². The second-order valence-corrected chi connectivity index (χ2v) is 7.20. The first-order valence-electron chi connectivity index (χ1n) is 6.68. The normalized spacial score (nSPS) is 30.3. The van der Waals surface area contributed by atoms with Gasteiger partial charge in [0.15, 0.2) is 0 Å². The van der Waals surface area contributed by atoms with Crippen LogP contribution in [0.15, 0.2) is 54.6 Å². The van der Waals surface area contributed by atoms with Crippen molar-refractivity contribution in [3.05, 3.63) is 60.2 Å². The molecule has 1 fully saturated rings. The maximum absolute atomic E-state index is 12.6. The highest BCUT2D eigenvalue weighted by Crippen LogP contribution is 2.54. The average Bonchev–Trinajstić information content (AvgIpc) is 2.65. The second kappa shape index (κ2) is 5.35. The van der Waals surface area contributed by atoms with Crippen molar-refractivity contribution in [3.63, 3.8) is 0 Å². The quantitative estimate of drug-likeness (QED) is 0.746. The molecule has 1 aliphatic heterocycles. The number of halogens is 3. The molecule has 110 valence electrons. The first kappa shape index (κ1) is 15.0. The highest BCUT2D eigenvalue weighted by molar-refractivity contribution is 6.59. The Hall–Kier alpha value is -0.960. The third-order valence-corrected chi connectivity index (χ3v) is 5.65. The van der Waals surface area contributed by atoms with Crippen LogP contribution in [-0.2, 0) is 11.3 Å². The Morgan fingerprint density at radius 2 is 1.90 bits per heavy atom. The summed E-state index contributed by atoms with van der Waals surface area (Å²) in [7, 11) is 0. The molecule has 2 atom stereocenters. The van der Waals surface area contributed by atoms with Gasteiger partial charge in [0.1, 0.15) is 0 Å². The van der Waals surface area contributed by atoms with Gasteiger partial charge in [-0.2, -0.15) is 0 Å². The summed E-state index contributed by atoms with van der Waals surface area (Å²) >= 11 is 19.2. The fourth-order valence-electron chi connectivity index (χ4n) is 2.89. The molecule has 1 unspecified atom stereocenters. The van der Waals surface area contributed by atoms with Crippen molar-refractivity contribution in [2.45, 2.75) is 16.3 Å². The van der Waals surface area contributed by atoms with Gasteiger partial charge in [-0.3, -0.25) is 4.79 Å². The summed E-state index contributed by atoms with van der Waals surface area (Å²) in [5, 5.41) is -0.415. The largest absolute Gasteiger partial charge is 0.335 e. The van der Waals surface area contributed by atoms with Crippen LogP contribution < -0.4 is 0 Å². The topological polar surface area (TPSA) is 20.3 Å². The lowest BCUT2D eigenvalue weighted by atomic mass is 9.79. The minimum atomic E-state index is -1.55. The highest BCUT2D eigenvalue weighted by atomic mass is 35.5. The Balaban J connectivity index is 1.91. The molecular weight excluding hydrogens is 329 g/mol. The molecule has 3 rings (SSSR count). The summed E-state index contributed by atoms with van der Waals surface area (Å²) in [5.74, 6) is -0.291. The molecule has 1 amide bonds. The number of carbonyl (C=O) groups excluding carboxylic acids is 1. The zero-order valence-electron chi connectivity index (χ0n) is 11.2. The van der Waals surface area contributed by atoms with Gasteiger partial charge in [0.2, 0.25) is 4.33 Å². The van der Waals surface area contributed by atoms with E-state index in [-0.39, 0.29) is 5.91 Å². The Kier molecular flexibility index (Phi) is 3.81. The SMILES string of the molecule is O=C1N(Cc2ccccc2)CC2(C=CC=C[C@H]2Cl)C1(Cl)Cl. The van der Waals surface area contributed by atoms with Crippen LogP contribution in [0.25, 0.3) is 0 Å². The van der Waals surface area contributed by atoms with Crippen LogP contribution in [0.2, 0.25) is 0 Å². The van der Waals surface area contributed by atoms with Crippen molar-refractivity contribution in [2.75, 3.05) is 6.54 Å². The lowest BCUT2D eigenvalue weighted by Gasteiger charge is -2.36. The van der Waals surface area contributed by atoms with E-state index in [1.165, 1.54) is 0 Å². The maximum atomic E-state index is 12.6. The van der Waals surface area contributed by atoms with Crippen molar-refractivity contribution in [2.24, 2.45) is 5.41 Å². The van der Waals surface area contributed by atoms with E-state index in [0.717, 1.165) is 5.56 Å². The van der Waals surface area contributed by atoms with E-state index in [4.69, 9.17) is 34.8 Å². The summed E-state index contributed by atoms with van der Waals surface area (Å²) in [6.07, 6.45) is 7.36. The van der Waals surface area contributed by atoms with E-state index in [1.807, 2.05) is 54.6 Å². The number of likely N-dealkylation sites (tertiary alicyclic amines) is 1. The van der Waals surface area contributed by atoms with Gasteiger partial charge in [0, 0.05) is 13.1 Å². The van der Waals surface area contributed by atoms with Crippen LogP contribution in [0.3, 0.4) is 0 Å². The molecule has 1 heterocycles. The second-order valence-electron chi connectivity index (χ2n) is 5.41. The number of carbonyl (C=O) groups is 1. The van der Waals surface area contributed by atoms with Crippen LogP contribution in [-0.4, -0.2) is 27.1 Å². The van der Waals surface area contributed by atoms with Gasteiger partial charge in [-0.1, -0.05) is 77.8 Å². The van der Waals surface area contributed by atoms with Crippen molar-refractivity contribution in [3.8, 4) is 0 Å². The number of hydrogen-bond acceptors (Lipinski definition) is 1. The van der Waals surface area contributed by atoms with Gasteiger partial charge >= 0.3 is 0 Å². The van der Waals surface area contributed by atoms with Crippen molar-refractivity contribution in [1.29, 1.82) is 0 Å². The van der Waals surface area contributed by atoms with Gasteiger partial charge in [-0.25, -0.2) is 0 Å². The van der Waals surface area contributed by atoms with Crippen molar-refractivity contribution < 1.29 is 4.79 Å². The van der Waals surface area contributed by atoms with Crippen LogP contribution in [0.5, 0.6) is 0 Å². The Bertz CT molecular complexity index is 611. The van der Waals surface area contributed by atoms with E-state index >= 15 is 0 Å². The number of allylic oxidation sites excluding steroid dienone is 3. The van der Waals surface area contributed by atoms with E-state index in [1.54, 1.807) is 4.90 Å². The van der Waals surface area contributed by atoms with E-state index in [2.05, 4.69) is 0 Å². The van der Waals surface area contributed by atoms with Gasteiger partial charge in [-0.15, -0.1) is 11.6 Å². The number of rotatable bonds is 2. The Morgan fingerprint density at radius 3 is 2.57 bits per heavy atom. The lowest BCUT2D eigenvalue weighted by Crippen LogP contribution is -2.45. The first-order valence-corrected chi connectivity index (χ1v) is 7.88. The zero-order chi connectivity index (χ0) is 15.1. The van der Waals surface area contributed by atoms with Gasteiger partial charge in [-0.05, 0) is 5.56 Å². The maximum Gasteiger partial charge on any atom is 0.260 e.